The van der Waals surface area contributed by atoms with Gasteiger partial charge in [-0.2, -0.15) is 0 Å². The number of hydrogen-bond donors (Lipinski definition) is 0. The van der Waals surface area contributed by atoms with E-state index in [4.69, 9.17) is 14.2 Å². The largest absolute Gasteiger partial charge is 0.493 e. The van der Waals surface area contributed by atoms with E-state index < -0.39 is 35.2 Å². The van der Waals surface area contributed by atoms with Gasteiger partial charge in [-0.05, 0) is 64.0 Å². The Morgan fingerprint density at radius 2 is 1.78 bits per heavy atom. The SMILES string of the molecule is CCOC(=O)C(c1c(F)c(C(C)C)cc(F)c1OC)C1CCN(C(=O)OC(C)(C)C)CC1. The molecule has 0 saturated carbocycles. The first-order chi connectivity index (χ1) is 14.9. The zero-order valence-electron chi connectivity index (χ0n) is 20.1. The second kappa shape index (κ2) is 10.5. The van der Waals surface area contributed by atoms with E-state index in [1.165, 1.54) is 7.11 Å². The summed E-state index contributed by atoms with van der Waals surface area (Å²) in [5, 5.41) is 0. The Balaban J connectivity index is 2.42. The van der Waals surface area contributed by atoms with Gasteiger partial charge >= 0.3 is 12.1 Å². The molecule has 0 bridgehead atoms. The molecule has 180 valence electrons. The second-order valence-corrected chi connectivity index (χ2v) is 9.40. The van der Waals surface area contributed by atoms with Gasteiger partial charge in [-0.1, -0.05) is 13.8 Å². The molecule has 0 radical (unpaired) electrons. The molecule has 0 aliphatic carbocycles. The molecule has 1 heterocycles. The standard InChI is InChI=1S/C24H35F2NO5/c1-8-31-22(28)18(15-9-11-27(12-10-15)23(29)32-24(4,5)6)19-20(26)16(14(2)3)13-17(25)21(19)30-7/h13-15,18H,8-12H2,1-7H3. The summed E-state index contributed by atoms with van der Waals surface area (Å²) in [6.07, 6.45) is 0.401. The quantitative estimate of drug-likeness (QED) is 0.538. The van der Waals surface area contributed by atoms with Crippen molar-refractivity contribution in [1.82, 2.24) is 4.90 Å². The first-order valence-corrected chi connectivity index (χ1v) is 11.1. The van der Waals surface area contributed by atoms with Gasteiger partial charge in [-0.3, -0.25) is 4.79 Å². The molecular weight excluding hydrogens is 420 g/mol. The second-order valence-electron chi connectivity index (χ2n) is 9.40. The van der Waals surface area contributed by atoms with E-state index in [0.29, 0.717) is 25.9 Å². The van der Waals surface area contributed by atoms with E-state index in [1.54, 1.807) is 46.4 Å². The zero-order chi connectivity index (χ0) is 24.2. The molecule has 1 fully saturated rings. The highest BCUT2D eigenvalue weighted by Gasteiger charge is 2.40. The Morgan fingerprint density at radius 1 is 1.19 bits per heavy atom. The summed E-state index contributed by atoms with van der Waals surface area (Å²) in [4.78, 5) is 27.0. The summed E-state index contributed by atoms with van der Waals surface area (Å²) in [5.41, 5.74) is -0.545. The number of benzene rings is 1. The minimum atomic E-state index is -1.04. The predicted molar refractivity (Wildman–Crippen MR) is 117 cm³/mol. The van der Waals surface area contributed by atoms with Gasteiger partial charge in [0.1, 0.15) is 11.4 Å². The number of piperidine rings is 1. The van der Waals surface area contributed by atoms with Crippen LogP contribution in [0.25, 0.3) is 0 Å². The van der Waals surface area contributed by atoms with Gasteiger partial charge in [0, 0.05) is 18.7 Å². The van der Waals surface area contributed by atoms with E-state index in [9.17, 15) is 14.0 Å². The molecular formula is C24H35F2NO5. The minimum absolute atomic E-state index is 0.106. The molecule has 1 saturated heterocycles. The molecule has 6 nitrogen and oxygen atoms in total. The van der Waals surface area contributed by atoms with Crippen molar-refractivity contribution in [3.8, 4) is 5.75 Å². The van der Waals surface area contributed by atoms with E-state index in [1.807, 2.05) is 0 Å². The Hall–Kier alpha value is -2.38. The molecule has 0 aromatic heterocycles. The van der Waals surface area contributed by atoms with Crippen molar-refractivity contribution in [1.29, 1.82) is 0 Å². The van der Waals surface area contributed by atoms with Crippen LogP contribution in [0.4, 0.5) is 13.6 Å². The smallest absolute Gasteiger partial charge is 0.410 e. The normalized spacial score (nSPS) is 16.1. The first kappa shape index (κ1) is 25.9. The van der Waals surface area contributed by atoms with Crippen LogP contribution in [0.15, 0.2) is 6.07 Å². The Labute approximate surface area is 189 Å². The summed E-state index contributed by atoms with van der Waals surface area (Å²) < 4.78 is 46.3. The molecule has 1 aromatic rings. The number of esters is 1. The lowest BCUT2D eigenvalue weighted by molar-refractivity contribution is -0.147. The van der Waals surface area contributed by atoms with Crippen LogP contribution in [-0.4, -0.2) is 49.4 Å². The monoisotopic (exact) mass is 455 g/mol. The highest BCUT2D eigenvalue weighted by Crippen LogP contribution is 2.43. The molecule has 1 aromatic carbocycles. The van der Waals surface area contributed by atoms with Crippen molar-refractivity contribution in [2.75, 3.05) is 26.8 Å². The third kappa shape index (κ3) is 5.90. The van der Waals surface area contributed by atoms with E-state index in [-0.39, 0.29) is 35.3 Å². The van der Waals surface area contributed by atoms with Gasteiger partial charge in [0.2, 0.25) is 0 Å². The number of rotatable bonds is 6. The first-order valence-electron chi connectivity index (χ1n) is 11.1. The summed E-state index contributed by atoms with van der Waals surface area (Å²) in [7, 11) is 1.25. The summed E-state index contributed by atoms with van der Waals surface area (Å²) in [5.74, 6) is -3.94. The van der Waals surface area contributed by atoms with Crippen LogP contribution >= 0.6 is 0 Å². The molecule has 1 unspecified atom stereocenters. The van der Waals surface area contributed by atoms with Gasteiger partial charge in [-0.25, -0.2) is 13.6 Å². The molecule has 1 aliphatic rings. The number of amides is 1. The lowest BCUT2D eigenvalue weighted by Crippen LogP contribution is -2.43. The molecule has 2 rings (SSSR count). The number of halogens is 2. The summed E-state index contributed by atoms with van der Waals surface area (Å²) in [6, 6.07) is 1.12. The average molecular weight is 456 g/mol. The number of nitrogens with zero attached hydrogens (tertiary/aromatic N) is 1. The molecule has 0 spiro atoms. The van der Waals surface area contributed by atoms with Gasteiger partial charge in [0.15, 0.2) is 11.6 Å². The number of carbonyl (C=O) groups excluding carboxylic acids is 2. The maximum Gasteiger partial charge on any atom is 0.410 e. The number of methoxy groups -OCH3 is 1. The Kier molecular flexibility index (Phi) is 8.48. The van der Waals surface area contributed by atoms with Crippen LogP contribution in [0.1, 0.15) is 77.3 Å². The highest BCUT2D eigenvalue weighted by atomic mass is 19.1. The van der Waals surface area contributed by atoms with Crippen molar-refractivity contribution < 1.29 is 32.6 Å². The van der Waals surface area contributed by atoms with Crippen LogP contribution in [0.2, 0.25) is 0 Å². The van der Waals surface area contributed by atoms with E-state index >= 15 is 4.39 Å². The molecule has 1 amide bonds. The van der Waals surface area contributed by atoms with Crippen LogP contribution in [-0.2, 0) is 14.3 Å². The van der Waals surface area contributed by atoms with Gasteiger partial charge in [0.25, 0.3) is 0 Å². The van der Waals surface area contributed by atoms with Crippen molar-refractivity contribution in [2.45, 2.75) is 71.8 Å². The topological polar surface area (TPSA) is 65.1 Å². The van der Waals surface area contributed by atoms with Crippen molar-refractivity contribution in [3.05, 3.63) is 28.8 Å². The van der Waals surface area contributed by atoms with E-state index in [2.05, 4.69) is 0 Å². The van der Waals surface area contributed by atoms with Crippen molar-refractivity contribution in [2.24, 2.45) is 5.92 Å². The fourth-order valence-electron chi connectivity index (χ4n) is 4.07. The summed E-state index contributed by atoms with van der Waals surface area (Å²) >= 11 is 0. The molecule has 0 N–H and O–H groups in total. The summed E-state index contributed by atoms with van der Waals surface area (Å²) in [6.45, 7) is 11.3. The Bertz CT molecular complexity index is 827. The molecule has 1 aliphatic heterocycles. The molecule has 1 atom stereocenters. The van der Waals surface area contributed by atoms with Gasteiger partial charge in [-0.15, -0.1) is 0 Å². The molecule has 32 heavy (non-hydrogen) atoms. The van der Waals surface area contributed by atoms with Gasteiger partial charge in [0.05, 0.1) is 19.6 Å². The average Bonchev–Trinajstić information content (AvgIpc) is 2.69. The van der Waals surface area contributed by atoms with Crippen LogP contribution in [0, 0.1) is 17.6 Å². The van der Waals surface area contributed by atoms with Crippen LogP contribution in [0.5, 0.6) is 5.75 Å². The highest BCUT2D eigenvalue weighted by molar-refractivity contribution is 5.80. The lowest BCUT2D eigenvalue weighted by Gasteiger charge is -2.36. The zero-order valence-corrected chi connectivity index (χ0v) is 20.1. The third-order valence-corrected chi connectivity index (χ3v) is 5.57. The Morgan fingerprint density at radius 3 is 2.25 bits per heavy atom. The maximum atomic E-state index is 15.6. The fraction of sp³-hybridized carbons (Fsp3) is 0.667. The number of hydrogen-bond acceptors (Lipinski definition) is 5. The fourth-order valence-corrected chi connectivity index (χ4v) is 4.07. The minimum Gasteiger partial charge on any atom is -0.493 e. The molecule has 8 heteroatoms. The number of carbonyl (C=O) groups is 2. The predicted octanol–water partition coefficient (Wildman–Crippen LogP) is 5.39. The number of ether oxygens (including phenoxy) is 3. The van der Waals surface area contributed by atoms with Crippen molar-refractivity contribution >= 4 is 12.1 Å². The van der Waals surface area contributed by atoms with Crippen molar-refractivity contribution in [3.63, 3.8) is 0 Å². The lowest BCUT2D eigenvalue weighted by atomic mass is 9.78. The number of likely N-dealkylation sites (tertiary alicyclic amines) is 1. The maximum absolute atomic E-state index is 15.6. The van der Waals surface area contributed by atoms with E-state index in [0.717, 1.165) is 6.07 Å². The van der Waals surface area contributed by atoms with Crippen LogP contribution in [0.3, 0.4) is 0 Å². The van der Waals surface area contributed by atoms with Crippen LogP contribution < -0.4 is 4.74 Å². The van der Waals surface area contributed by atoms with Gasteiger partial charge < -0.3 is 19.1 Å². The third-order valence-electron chi connectivity index (χ3n) is 5.57.